The molecule has 0 radical (unpaired) electrons. The third kappa shape index (κ3) is 3.28. The predicted octanol–water partition coefficient (Wildman–Crippen LogP) is 1.39. The summed E-state index contributed by atoms with van der Waals surface area (Å²) in [5.74, 6) is 0.832. The number of rotatable bonds is 5. The Labute approximate surface area is 129 Å². The molecular formula is C16H19N3O3. The Morgan fingerprint density at radius 1 is 1.41 bits per heavy atom. The Kier molecular flexibility index (Phi) is 4.39. The number of hydrogen-bond donors (Lipinski definition) is 1. The summed E-state index contributed by atoms with van der Waals surface area (Å²) in [6, 6.07) is 7.76. The number of nitrogens with one attached hydrogen (secondary N) is 1. The molecule has 0 saturated carbocycles. The van der Waals surface area contributed by atoms with Crippen molar-refractivity contribution in [3.63, 3.8) is 0 Å². The minimum absolute atomic E-state index is 0.0186. The summed E-state index contributed by atoms with van der Waals surface area (Å²) in [6.07, 6.45) is 3.45. The zero-order chi connectivity index (χ0) is 15.4. The number of H-pyrrole nitrogens is 1. The summed E-state index contributed by atoms with van der Waals surface area (Å²) in [5.41, 5.74) is 1.92. The van der Waals surface area contributed by atoms with E-state index in [0.29, 0.717) is 26.1 Å². The van der Waals surface area contributed by atoms with Gasteiger partial charge in [-0.25, -0.2) is 4.98 Å². The first-order chi connectivity index (χ1) is 10.8. The average molecular weight is 301 g/mol. The van der Waals surface area contributed by atoms with Gasteiger partial charge in [0.1, 0.15) is 11.9 Å². The van der Waals surface area contributed by atoms with Gasteiger partial charge < -0.3 is 19.4 Å². The number of methoxy groups -OCH3 is 1. The van der Waals surface area contributed by atoms with Gasteiger partial charge >= 0.3 is 0 Å². The van der Waals surface area contributed by atoms with E-state index in [-0.39, 0.29) is 5.91 Å². The molecule has 1 amide bonds. The third-order valence-corrected chi connectivity index (χ3v) is 3.75. The van der Waals surface area contributed by atoms with Crippen LogP contribution in [0.15, 0.2) is 36.8 Å². The Morgan fingerprint density at radius 2 is 2.23 bits per heavy atom. The van der Waals surface area contributed by atoms with Gasteiger partial charge in [-0.2, -0.15) is 0 Å². The first kappa shape index (κ1) is 14.6. The van der Waals surface area contributed by atoms with Gasteiger partial charge in [0, 0.05) is 25.7 Å². The fraction of sp³-hybridized carbons (Fsp3) is 0.375. The second-order valence-corrected chi connectivity index (χ2v) is 5.23. The summed E-state index contributed by atoms with van der Waals surface area (Å²) < 4.78 is 10.7. The summed E-state index contributed by atoms with van der Waals surface area (Å²) in [5, 5.41) is 0. The molecule has 22 heavy (non-hydrogen) atoms. The highest BCUT2D eigenvalue weighted by Gasteiger charge is 2.30. The van der Waals surface area contributed by atoms with E-state index in [1.54, 1.807) is 19.6 Å². The normalized spacial score (nSPS) is 18.5. The Morgan fingerprint density at radius 3 is 2.91 bits per heavy atom. The van der Waals surface area contributed by atoms with E-state index < -0.39 is 6.10 Å². The van der Waals surface area contributed by atoms with Crippen molar-refractivity contribution in [1.29, 1.82) is 0 Å². The standard InChI is InChI=1S/C16H19N3O3/c1-21-14-4-2-12(3-5-14)10-19-6-7-22-15(16(19)20)8-13-9-17-11-18-13/h2-5,9,11,15H,6-8,10H2,1H3,(H,17,18). The van der Waals surface area contributed by atoms with E-state index >= 15 is 0 Å². The van der Waals surface area contributed by atoms with Gasteiger partial charge in [0.2, 0.25) is 0 Å². The number of hydrogen-bond acceptors (Lipinski definition) is 4. The zero-order valence-electron chi connectivity index (χ0n) is 12.5. The van der Waals surface area contributed by atoms with Crippen molar-refractivity contribution in [3.8, 4) is 5.75 Å². The molecule has 0 aliphatic carbocycles. The van der Waals surface area contributed by atoms with Gasteiger partial charge in [-0.3, -0.25) is 4.79 Å². The highest BCUT2D eigenvalue weighted by Crippen LogP contribution is 2.17. The van der Waals surface area contributed by atoms with E-state index in [1.807, 2.05) is 29.2 Å². The van der Waals surface area contributed by atoms with E-state index in [4.69, 9.17) is 9.47 Å². The molecule has 1 aliphatic rings. The van der Waals surface area contributed by atoms with Crippen molar-refractivity contribution in [2.75, 3.05) is 20.3 Å². The summed E-state index contributed by atoms with van der Waals surface area (Å²) in [6.45, 7) is 1.75. The first-order valence-electron chi connectivity index (χ1n) is 7.27. The molecule has 1 saturated heterocycles. The minimum atomic E-state index is -0.449. The fourth-order valence-electron chi connectivity index (χ4n) is 2.54. The summed E-state index contributed by atoms with van der Waals surface area (Å²) in [4.78, 5) is 21.4. The Balaban J connectivity index is 1.64. The Bertz CT molecular complexity index is 610. The maximum atomic E-state index is 12.5. The maximum absolute atomic E-state index is 12.5. The van der Waals surface area contributed by atoms with Gasteiger partial charge in [0.05, 0.1) is 25.7 Å². The molecule has 6 heteroatoms. The number of nitrogens with zero attached hydrogens (tertiary/aromatic N) is 2. The molecule has 2 heterocycles. The second-order valence-electron chi connectivity index (χ2n) is 5.23. The second kappa shape index (κ2) is 6.62. The first-order valence-corrected chi connectivity index (χ1v) is 7.27. The van der Waals surface area contributed by atoms with Crippen LogP contribution in [0.1, 0.15) is 11.3 Å². The van der Waals surface area contributed by atoms with Gasteiger partial charge in [0.15, 0.2) is 0 Å². The van der Waals surface area contributed by atoms with E-state index in [1.165, 1.54) is 0 Å². The van der Waals surface area contributed by atoms with Crippen LogP contribution in [0.3, 0.4) is 0 Å². The minimum Gasteiger partial charge on any atom is -0.497 e. The quantitative estimate of drug-likeness (QED) is 0.906. The number of amides is 1. The van der Waals surface area contributed by atoms with Crippen molar-refractivity contribution in [1.82, 2.24) is 14.9 Å². The molecule has 0 bridgehead atoms. The molecule has 1 aromatic heterocycles. The lowest BCUT2D eigenvalue weighted by atomic mass is 10.1. The number of morpholine rings is 1. The van der Waals surface area contributed by atoms with Crippen LogP contribution in [0.4, 0.5) is 0 Å². The molecule has 1 unspecified atom stereocenters. The fourth-order valence-corrected chi connectivity index (χ4v) is 2.54. The summed E-state index contributed by atoms with van der Waals surface area (Å²) >= 11 is 0. The van der Waals surface area contributed by atoms with Gasteiger partial charge in [0.25, 0.3) is 5.91 Å². The largest absolute Gasteiger partial charge is 0.497 e. The molecule has 1 atom stereocenters. The highest BCUT2D eigenvalue weighted by atomic mass is 16.5. The predicted molar refractivity (Wildman–Crippen MR) is 80.4 cm³/mol. The van der Waals surface area contributed by atoms with Crippen LogP contribution in [0.2, 0.25) is 0 Å². The van der Waals surface area contributed by atoms with Crippen LogP contribution >= 0.6 is 0 Å². The number of imidazole rings is 1. The molecule has 6 nitrogen and oxygen atoms in total. The highest BCUT2D eigenvalue weighted by molar-refractivity contribution is 5.81. The lowest BCUT2D eigenvalue weighted by Crippen LogP contribution is -2.48. The number of benzene rings is 1. The van der Waals surface area contributed by atoms with Crippen molar-refractivity contribution >= 4 is 5.91 Å². The zero-order valence-corrected chi connectivity index (χ0v) is 12.5. The average Bonchev–Trinajstić information content (AvgIpc) is 3.05. The SMILES string of the molecule is COc1ccc(CN2CCOC(Cc3c[nH]cn3)C2=O)cc1. The lowest BCUT2D eigenvalue weighted by molar-refractivity contribution is -0.153. The van der Waals surface area contributed by atoms with Crippen molar-refractivity contribution in [3.05, 3.63) is 48.0 Å². The molecular weight excluding hydrogens is 282 g/mol. The van der Waals surface area contributed by atoms with Crippen LogP contribution in [0.5, 0.6) is 5.75 Å². The summed E-state index contributed by atoms with van der Waals surface area (Å²) in [7, 11) is 1.64. The number of aromatic amines is 1. The van der Waals surface area contributed by atoms with Crippen molar-refractivity contribution < 1.29 is 14.3 Å². The van der Waals surface area contributed by atoms with Crippen molar-refractivity contribution in [2.24, 2.45) is 0 Å². The van der Waals surface area contributed by atoms with E-state index in [0.717, 1.165) is 17.0 Å². The van der Waals surface area contributed by atoms with Crippen LogP contribution < -0.4 is 4.74 Å². The topological polar surface area (TPSA) is 67.5 Å². The number of aromatic nitrogens is 2. The molecule has 1 aliphatic heterocycles. The van der Waals surface area contributed by atoms with Gasteiger partial charge in [-0.1, -0.05) is 12.1 Å². The number of ether oxygens (including phenoxy) is 2. The molecule has 1 aromatic carbocycles. The lowest BCUT2D eigenvalue weighted by Gasteiger charge is -2.32. The third-order valence-electron chi connectivity index (χ3n) is 3.75. The van der Waals surface area contributed by atoms with E-state index in [9.17, 15) is 4.79 Å². The van der Waals surface area contributed by atoms with Crippen LogP contribution in [-0.4, -0.2) is 47.1 Å². The smallest absolute Gasteiger partial charge is 0.252 e. The molecule has 1 fully saturated rings. The number of carbonyl (C=O) groups is 1. The van der Waals surface area contributed by atoms with Crippen LogP contribution in [0.25, 0.3) is 0 Å². The van der Waals surface area contributed by atoms with E-state index in [2.05, 4.69) is 9.97 Å². The molecule has 1 N–H and O–H groups in total. The van der Waals surface area contributed by atoms with Crippen LogP contribution in [0, 0.1) is 0 Å². The number of carbonyl (C=O) groups excluding carboxylic acids is 1. The maximum Gasteiger partial charge on any atom is 0.252 e. The van der Waals surface area contributed by atoms with Crippen molar-refractivity contribution in [2.45, 2.75) is 19.1 Å². The Hall–Kier alpha value is -2.34. The monoisotopic (exact) mass is 301 g/mol. The molecule has 3 rings (SSSR count). The van der Waals surface area contributed by atoms with Gasteiger partial charge in [-0.15, -0.1) is 0 Å². The molecule has 116 valence electrons. The molecule has 0 spiro atoms. The van der Waals surface area contributed by atoms with Crippen LogP contribution in [-0.2, 0) is 22.5 Å². The van der Waals surface area contributed by atoms with Gasteiger partial charge in [-0.05, 0) is 17.7 Å². The molecule has 2 aromatic rings.